The molecule has 0 saturated heterocycles. The van der Waals surface area contributed by atoms with Crippen molar-refractivity contribution in [3.8, 4) is 11.5 Å². The fraction of sp³-hybridized carbons (Fsp3) is 0.250. The van der Waals surface area contributed by atoms with Crippen LogP contribution in [0.15, 0.2) is 55.1 Å². The molecule has 0 fully saturated rings. The average Bonchev–Trinajstić information content (AvgIpc) is 2.56. The molecule has 1 unspecified atom stereocenters. The molecule has 0 saturated carbocycles. The summed E-state index contributed by atoms with van der Waals surface area (Å²) in [6.45, 7) is 9.70. The first-order valence-electron chi connectivity index (χ1n) is 7.88. The molecular formula is C20H23NO3. The van der Waals surface area contributed by atoms with Gasteiger partial charge in [-0.3, -0.25) is 4.79 Å². The van der Waals surface area contributed by atoms with E-state index < -0.39 is 6.10 Å². The Morgan fingerprint density at radius 3 is 2.54 bits per heavy atom. The van der Waals surface area contributed by atoms with Gasteiger partial charge in [0.25, 0.3) is 5.91 Å². The second-order valence-electron chi connectivity index (χ2n) is 5.60. The van der Waals surface area contributed by atoms with Crippen LogP contribution in [-0.2, 0) is 4.79 Å². The van der Waals surface area contributed by atoms with Gasteiger partial charge in [-0.15, -0.1) is 0 Å². The summed E-state index contributed by atoms with van der Waals surface area (Å²) >= 11 is 0. The molecule has 0 radical (unpaired) electrons. The highest BCUT2D eigenvalue weighted by molar-refractivity contribution is 5.94. The van der Waals surface area contributed by atoms with Crippen LogP contribution in [-0.4, -0.2) is 18.6 Å². The maximum atomic E-state index is 12.4. The number of carbonyl (C=O) groups excluding carboxylic acids is 1. The summed E-state index contributed by atoms with van der Waals surface area (Å²) in [4.78, 5) is 12.4. The molecule has 1 amide bonds. The molecule has 0 aliphatic heterocycles. The predicted octanol–water partition coefficient (Wildman–Crippen LogP) is 4.27. The third-order valence-electron chi connectivity index (χ3n) is 3.54. The first-order valence-corrected chi connectivity index (χ1v) is 7.88. The lowest BCUT2D eigenvalue weighted by Gasteiger charge is -2.18. The minimum Gasteiger partial charge on any atom is -0.489 e. The number of carbonyl (C=O) groups is 1. The molecule has 0 aliphatic carbocycles. The van der Waals surface area contributed by atoms with Crippen LogP contribution < -0.4 is 14.8 Å². The molecule has 1 N–H and O–H groups in total. The summed E-state index contributed by atoms with van der Waals surface area (Å²) in [5.41, 5.74) is 2.68. The maximum absolute atomic E-state index is 12.4. The van der Waals surface area contributed by atoms with Crippen LogP contribution >= 0.6 is 0 Å². The Balaban J connectivity index is 2.02. The number of anilines is 1. The molecule has 0 bridgehead atoms. The largest absolute Gasteiger partial charge is 0.489 e. The minimum atomic E-state index is -0.609. The van der Waals surface area contributed by atoms with E-state index in [4.69, 9.17) is 9.47 Å². The second kappa shape index (κ2) is 8.20. The number of rotatable bonds is 7. The maximum Gasteiger partial charge on any atom is 0.265 e. The van der Waals surface area contributed by atoms with Gasteiger partial charge in [-0.2, -0.15) is 0 Å². The van der Waals surface area contributed by atoms with Gasteiger partial charge in [-0.05, 0) is 44.0 Å². The van der Waals surface area contributed by atoms with Crippen LogP contribution in [0.2, 0.25) is 0 Å². The summed E-state index contributed by atoms with van der Waals surface area (Å²) in [6.07, 6.45) is 1.06. The highest BCUT2D eigenvalue weighted by Gasteiger charge is 2.17. The highest BCUT2D eigenvalue weighted by atomic mass is 16.5. The van der Waals surface area contributed by atoms with Crippen LogP contribution in [0.1, 0.15) is 18.1 Å². The fourth-order valence-corrected chi connectivity index (χ4v) is 2.28. The van der Waals surface area contributed by atoms with Crippen molar-refractivity contribution in [2.24, 2.45) is 0 Å². The highest BCUT2D eigenvalue weighted by Crippen LogP contribution is 2.24. The Kier molecular flexibility index (Phi) is 6.01. The zero-order valence-corrected chi connectivity index (χ0v) is 14.3. The Morgan fingerprint density at radius 1 is 1.21 bits per heavy atom. The van der Waals surface area contributed by atoms with Crippen molar-refractivity contribution in [3.63, 3.8) is 0 Å². The lowest BCUT2D eigenvalue weighted by molar-refractivity contribution is -0.122. The molecule has 2 aromatic carbocycles. The second-order valence-corrected chi connectivity index (χ2v) is 5.60. The summed E-state index contributed by atoms with van der Waals surface area (Å²) in [6, 6.07) is 13.1. The number of aryl methyl sites for hydroxylation is 2. The van der Waals surface area contributed by atoms with Crippen molar-refractivity contribution >= 4 is 11.6 Å². The molecule has 0 heterocycles. The number of benzene rings is 2. The van der Waals surface area contributed by atoms with E-state index in [9.17, 15) is 4.79 Å². The van der Waals surface area contributed by atoms with Crippen LogP contribution in [0.4, 0.5) is 5.69 Å². The summed E-state index contributed by atoms with van der Waals surface area (Å²) in [5, 5.41) is 2.85. The first kappa shape index (κ1) is 17.6. The van der Waals surface area contributed by atoms with E-state index in [2.05, 4.69) is 11.9 Å². The van der Waals surface area contributed by atoms with Gasteiger partial charge in [-0.1, -0.05) is 36.9 Å². The van der Waals surface area contributed by atoms with Crippen LogP contribution in [0.25, 0.3) is 0 Å². The van der Waals surface area contributed by atoms with Gasteiger partial charge < -0.3 is 14.8 Å². The smallest absolute Gasteiger partial charge is 0.265 e. The van der Waals surface area contributed by atoms with Crippen molar-refractivity contribution in [2.75, 3.05) is 11.9 Å². The van der Waals surface area contributed by atoms with E-state index in [0.29, 0.717) is 18.0 Å². The predicted molar refractivity (Wildman–Crippen MR) is 96.8 cm³/mol. The number of hydrogen-bond donors (Lipinski definition) is 1. The number of hydrogen-bond acceptors (Lipinski definition) is 3. The Bertz CT molecular complexity index is 704. The lowest BCUT2D eigenvalue weighted by Crippen LogP contribution is -2.30. The molecule has 0 aliphatic rings. The fourth-order valence-electron chi connectivity index (χ4n) is 2.28. The SMILES string of the molecule is C=CCOc1cccc(NC(=O)C(C)Oc2c(C)cccc2C)c1. The zero-order chi connectivity index (χ0) is 17.5. The third kappa shape index (κ3) is 4.62. The van der Waals surface area contributed by atoms with Gasteiger partial charge >= 0.3 is 0 Å². The van der Waals surface area contributed by atoms with Gasteiger partial charge in [0, 0.05) is 11.8 Å². The summed E-state index contributed by atoms with van der Waals surface area (Å²) < 4.78 is 11.3. The molecule has 2 rings (SSSR count). The quantitative estimate of drug-likeness (QED) is 0.773. The van der Waals surface area contributed by atoms with E-state index >= 15 is 0 Å². The molecule has 1 atom stereocenters. The van der Waals surface area contributed by atoms with E-state index in [1.807, 2.05) is 50.2 Å². The van der Waals surface area contributed by atoms with E-state index in [1.165, 1.54) is 0 Å². The summed E-state index contributed by atoms with van der Waals surface area (Å²) in [7, 11) is 0. The monoisotopic (exact) mass is 325 g/mol. The Labute approximate surface area is 143 Å². The zero-order valence-electron chi connectivity index (χ0n) is 14.3. The topological polar surface area (TPSA) is 47.6 Å². The van der Waals surface area contributed by atoms with E-state index in [-0.39, 0.29) is 5.91 Å². The van der Waals surface area contributed by atoms with Crippen molar-refractivity contribution in [3.05, 3.63) is 66.2 Å². The number of amides is 1. The molecular weight excluding hydrogens is 302 g/mol. The Morgan fingerprint density at radius 2 is 1.88 bits per heavy atom. The molecule has 4 heteroatoms. The first-order chi connectivity index (χ1) is 11.5. The Hall–Kier alpha value is -2.75. The third-order valence-corrected chi connectivity index (χ3v) is 3.54. The number of nitrogens with one attached hydrogen (secondary N) is 1. The summed E-state index contributed by atoms with van der Waals surface area (Å²) in [5.74, 6) is 1.22. The van der Waals surface area contributed by atoms with E-state index in [1.54, 1.807) is 19.1 Å². The van der Waals surface area contributed by atoms with Gasteiger partial charge in [0.1, 0.15) is 18.1 Å². The standard InChI is InChI=1S/C20H23NO3/c1-5-12-23-18-11-7-10-17(13-18)21-20(22)16(4)24-19-14(2)8-6-9-15(19)3/h5-11,13,16H,1,12H2,2-4H3,(H,21,22). The lowest BCUT2D eigenvalue weighted by atomic mass is 10.1. The molecule has 0 aromatic heterocycles. The number of para-hydroxylation sites is 1. The van der Waals surface area contributed by atoms with Gasteiger partial charge in [0.15, 0.2) is 6.10 Å². The molecule has 0 spiro atoms. The van der Waals surface area contributed by atoms with Crippen molar-refractivity contribution < 1.29 is 14.3 Å². The van der Waals surface area contributed by atoms with Crippen molar-refractivity contribution in [1.29, 1.82) is 0 Å². The van der Waals surface area contributed by atoms with Crippen LogP contribution in [0, 0.1) is 13.8 Å². The molecule has 24 heavy (non-hydrogen) atoms. The average molecular weight is 325 g/mol. The van der Waals surface area contributed by atoms with Gasteiger partial charge in [-0.25, -0.2) is 0 Å². The van der Waals surface area contributed by atoms with Gasteiger partial charge in [0.2, 0.25) is 0 Å². The molecule has 4 nitrogen and oxygen atoms in total. The van der Waals surface area contributed by atoms with Gasteiger partial charge in [0.05, 0.1) is 0 Å². The van der Waals surface area contributed by atoms with Crippen molar-refractivity contribution in [2.45, 2.75) is 26.9 Å². The van der Waals surface area contributed by atoms with E-state index in [0.717, 1.165) is 16.9 Å². The normalized spacial score (nSPS) is 11.5. The van der Waals surface area contributed by atoms with Crippen LogP contribution in [0.3, 0.4) is 0 Å². The van der Waals surface area contributed by atoms with Crippen molar-refractivity contribution in [1.82, 2.24) is 0 Å². The molecule has 2 aromatic rings. The minimum absolute atomic E-state index is 0.210. The molecule has 126 valence electrons. The van der Waals surface area contributed by atoms with Crippen LogP contribution in [0.5, 0.6) is 11.5 Å². The number of ether oxygens (including phenoxy) is 2.